The average molecular weight is 332 g/mol. The number of para-hydroxylation sites is 1. The summed E-state index contributed by atoms with van der Waals surface area (Å²) in [5, 5.41) is 45.7. The first-order valence-corrected chi connectivity index (χ1v) is 7.62. The summed E-state index contributed by atoms with van der Waals surface area (Å²) in [6.45, 7) is 6.31. The number of hydrogen-bond donors (Lipinski definition) is 5. The molecule has 0 aromatic heterocycles. The number of benzene rings is 2. The molecule has 0 spiro atoms. The van der Waals surface area contributed by atoms with Crippen LogP contribution >= 0.6 is 0 Å². The Kier molecular flexibility index (Phi) is 6.57. The van der Waals surface area contributed by atoms with Gasteiger partial charge in [-0.05, 0) is 44.8 Å². The molecule has 0 amide bonds. The third-order valence-corrected chi connectivity index (χ3v) is 3.92. The topological polar surface area (TPSA) is 101 Å². The monoisotopic (exact) mass is 332 g/mol. The van der Waals surface area contributed by atoms with Crippen LogP contribution in [0.5, 0.6) is 5.75 Å². The van der Waals surface area contributed by atoms with Crippen molar-refractivity contribution in [2.45, 2.75) is 38.9 Å². The van der Waals surface area contributed by atoms with E-state index in [4.69, 9.17) is 20.3 Å². The van der Waals surface area contributed by atoms with Gasteiger partial charge in [-0.15, -0.1) is 0 Å². The van der Waals surface area contributed by atoms with E-state index in [0.29, 0.717) is 5.46 Å². The Morgan fingerprint density at radius 2 is 1.21 bits per heavy atom. The lowest BCUT2D eigenvalue weighted by atomic mass is 9.80. The van der Waals surface area contributed by atoms with Crippen LogP contribution in [0.4, 0.5) is 0 Å². The van der Waals surface area contributed by atoms with Crippen LogP contribution in [0.15, 0.2) is 48.5 Å². The van der Waals surface area contributed by atoms with Crippen LogP contribution in [0.1, 0.15) is 27.7 Å². The van der Waals surface area contributed by atoms with Crippen molar-refractivity contribution in [3.8, 4) is 16.9 Å². The van der Waals surface area contributed by atoms with Gasteiger partial charge in [0.1, 0.15) is 5.75 Å². The molecule has 2 aromatic carbocycles. The second-order valence-corrected chi connectivity index (χ2v) is 6.63. The van der Waals surface area contributed by atoms with Crippen LogP contribution in [0.2, 0.25) is 0 Å². The number of phenolic OH excluding ortho intramolecular Hbond substituents is 1. The van der Waals surface area contributed by atoms with E-state index in [1.165, 1.54) is 0 Å². The van der Waals surface area contributed by atoms with E-state index in [2.05, 4.69) is 0 Å². The zero-order valence-corrected chi connectivity index (χ0v) is 14.4. The molecule has 0 aliphatic carbocycles. The Hall–Kier alpha value is -1.86. The standard InChI is InChI=1S/C12H11BO3.C6H14O2/c14-12-4-2-1-3-11(12)9-5-7-10(8-6-9)13(15)16;1-5(2,7)6(3,4)8/h1-8,14-16H;7-8H,1-4H3. The van der Waals surface area contributed by atoms with Crippen molar-refractivity contribution < 1.29 is 25.4 Å². The molecule has 0 aliphatic rings. The second-order valence-electron chi connectivity index (χ2n) is 6.63. The number of rotatable bonds is 3. The molecule has 0 atom stereocenters. The smallest absolute Gasteiger partial charge is 0.488 e. The Morgan fingerprint density at radius 1 is 0.750 bits per heavy atom. The fraction of sp³-hybridized carbons (Fsp3) is 0.333. The third kappa shape index (κ3) is 5.65. The Labute approximate surface area is 143 Å². The summed E-state index contributed by atoms with van der Waals surface area (Å²) in [4.78, 5) is 0. The van der Waals surface area contributed by atoms with Crippen LogP contribution in [0.25, 0.3) is 11.1 Å². The quantitative estimate of drug-likeness (QED) is 0.545. The van der Waals surface area contributed by atoms with Gasteiger partial charge >= 0.3 is 7.12 Å². The van der Waals surface area contributed by atoms with Crippen LogP contribution in [-0.2, 0) is 0 Å². The molecule has 2 rings (SSSR count). The predicted octanol–water partition coefficient (Wildman–Crippen LogP) is 1.27. The lowest BCUT2D eigenvalue weighted by Crippen LogP contribution is -2.44. The van der Waals surface area contributed by atoms with E-state index in [1.807, 2.05) is 6.07 Å². The molecule has 0 unspecified atom stereocenters. The van der Waals surface area contributed by atoms with Gasteiger partial charge in [0.25, 0.3) is 0 Å². The molecule has 0 radical (unpaired) electrons. The van der Waals surface area contributed by atoms with Crippen LogP contribution in [0.3, 0.4) is 0 Å². The van der Waals surface area contributed by atoms with Crippen molar-refractivity contribution >= 4 is 12.6 Å². The van der Waals surface area contributed by atoms with Gasteiger partial charge in [-0.25, -0.2) is 0 Å². The summed E-state index contributed by atoms with van der Waals surface area (Å²) in [5.74, 6) is 0.208. The van der Waals surface area contributed by atoms with Gasteiger partial charge in [-0.2, -0.15) is 0 Å². The average Bonchev–Trinajstić information content (AvgIpc) is 2.46. The van der Waals surface area contributed by atoms with Gasteiger partial charge in [0.15, 0.2) is 0 Å². The molecule has 6 heteroatoms. The molecular formula is C18H25BO5. The lowest BCUT2D eigenvalue weighted by molar-refractivity contribution is -0.107. The minimum atomic E-state index is -1.46. The van der Waals surface area contributed by atoms with E-state index < -0.39 is 18.3 Å². The number of phenols is 1. The summed E-state index contributed by atoms with van der Waals surface area (Å²) in [7, 11) is -1.46. The van der Waals surface area contributed by atoms with Crippen LogP contribution in [-0.4, -0.2) is 43.7 Å². The summed E-state index contributed by atoms with van der Waals surface area (Å²) < 4.78 is 0. The Morgan fingerprint density at radius 3 is 1.58 bits per heavy atom. The van der Waals surface area contributed by atoms with E-state index in [1.54, 1.807) is 70.2 Å². The molecule has 24 heavy (non-hydrogen) atoms. The molecule has 5 N–H and O–H groups in total. The number of hydrogen-bond acceptors (Lipinski definition) is 5. The van der Waals surface area contributed by atoms with Gasteiger partial charge < -0.3 is 25.4 Å². The maximum absolute atomic E-state index is 9.64. The van der Waals surface area contributed by atoms with Crippen molar-refractivity contribution in [1.82, 2.24) is 0 Å². The molecule has 0 bridgehead atoms. The Balaban J connectivity index is 0.000000307. The molecule has 0 aliphatic heterocycles. The van der Waals surface area contributed by atoms with Gasteiger partial charge in [-0.1, -0.05) is 42.5 Å². The van der Waals surface area contributed by atoms with Crippen LogP contribution < -0.4 is 5.46 Å². The highest BCUT2D eigenvalue weighted by atomic mass is 16.4. The highest BCUT2D eigenvalue weighted by molar-refractivity contribution is 6.58. The zero-order valence-electron chi connectivity index (χ0n) is 14.4. The van der Waals surface area contributed by atoms with Gasteiger partial charge in [-0.3, -0.25) is 0 Å². The zero-order chi connectivity index (χ0) is 18.5. The van der Waals surface area contributed by atoms with Crippen molar-refractivity contribution in [3.05, 3.63) is 48.5 Å². The van der Waals surface area contributed by atoms with Crippen molar-refractivity contribution in [2.75, 3.05) is 0 Å². The SMILES string of the molecule is CC(C)(O)C(C)(C)O.OB(O)c1ccc(-c2ccccc2O)cc1. The third-order valence-electron chi connectivity index (χ3n) is 3.92. The van der Waals surface area contributed by atoms with Crippen LogP contribution in [0, 0.1) is 0 Å². The van der Waals surface area contributed by atoms with E-state index in [0.717, 1.165) is 11.1 Å². The molecule has 130 valence electrons. The Bertz CT molecular complexity index is 628. The maximum atomic E-state index is 9.64. The molecule has 2 aromatic rings. The second kappa shape index (κ2) is 7.81. The maximum Gasteiger partial charge on any atom is 0.488 e. The minimum Gasteiger partial charge on any atom is -0.507 e. The van der Waals surface area contributed by atoms with Gasteiger partial charge in [0.2, 0.25) is 0 Å². The first-order valence-electron chi connectivity index (χ1n) is 7.62. The van der Waals surface area contributed by atoms with E-state index in [-0.39, 0.29) is 5.75 Å². The largest absolute Gasteiger partial charge is 0.507 e. The fourth-order valence-corrected chi connectivity index (χ4v) is 1.55. The molecule has 0 saturated heterocycles. The summed E-state index contributed by atoms with van der Waals surface area (Å²) in [6, 6.07) is 13.7. The molecule has 0 saturated carbocycles. The first-order chi connectivity index (χ1) is 10.9. The summed E-state index contributed by atoms with van der Waals surface area (Å²) in [5.41, 5.74) is -0.0249. The molecule has 0 heterocycles. The van der Waals surface area contributed by atoms with Crippen molar-refractivity contribution in [1.29, 1.82) is 0 Å². The molecular weight excluding hydrogens is 307 g/mol. The first kappa shape index (κ1) is 20.2. The van der Waals surface area contributed by atoms with Crippen molar-refractivity contribution in [3.63, 3.8) is 0 Å². The summed E-state index contributed by atoms with van der Waals surface area (Å²) in [6.07, 6.45) is 0. The fourth-order valence-electron chi connectivity index (χ4n) is 1.55. The molecule has 0 fully saturated rings. The summed E-state index contributed by atoms with van der Waals surface area (Å²) >= 11 is 0. The lowest BCUT2D eigenvalue weighted by Gasteiger charge is -2.31. The van der Waals surface area contributed by atoms with Gasteiger partial charge in [0, 0.05) is 5.56 Å². The normalized spacial score (nSPS) is 11.5. The minimum absolute atomic E-state index is 0.208. The predicted molar refractivity (Wildman–Crippen MR) is 96.0 cm³/mol. The van der Waals surface area contributed by atoms with Gasteiger partial charge in [0.05, 0.1) is 11.2 Å². The van der Waals surface area contributed by atoms with E-state index in [9.17, 15) is 5.11 Å². The highest BCUT2D eigenvalue weighted by Gasteiger charge is 2.31. The molecule has 5 nitrogen and oxygen atoms in total. The van der Waals surface area contributed by atoms with Crippen molar-refractivity contribution in [2.24, 2.45) is 0 Å². The highest BCUT2D eigenvalue weighted by Crippen LogP contribution is 2.27. The number of aromatic hydroxyl groups is 1. The number of aliphatic hydroxyl groups is 2. The van der Waals surface area contributed by atoms with E-state index >= 15 is 0 Å².